The molecule has 0 saturated carbocycles. The van der Waals surface area contributed by atoms with Crippen LogP contribution in [0.15, 0.2) is 18.2 Å². The first kappa shape index (κ1) is 10.5. The second kappa shape index (κ2) is 4.61. The average molecular weight is 192 g/mol. The number of hydrogen-bond acceptors (Lipinski definition) is 4. The molecule has 0 spiro atoms. The molecular weight excluding hydrogens is 180 g/mol. The van der Waals surface area contributed by atoms with Crippen LogP contribution in [0.1, 0.15) is 23.6 Å². The molecule has 0 saturated heterocycles. The van der Waals surface area contributed by atoms with Crippen LogP contribution in [-0.2, 0) is 6.61 Å². The van der Waals surface area contributed by atoms with E-state index in [1.165, 1.54) is 0 Å². The van der Waals surface area contributed by atoms with E-state index in [0.717, 1.165) is 0 Å². The van der Waals surface area contributed by atoms with Crippen molar-refractivity contribution in [2.24, 2.45) is 5.73 Å². The Hall–Kier alpha value is -1.57. The van der Waals surface area contributed by atoms with Gasteiger partial charge in [-0.15, -0.1) is 0 Å². The SMILES string of the molecule is N#CC[C@H](N)c1cccc(CO)c1O. The van der Waals surface area contributed by atoms with Gasteiger partial charge in [0.1, 0.15) is 5.75 Å². The van der Waals surface area contributed by atoms with Crippen molar-refractivity contribution in [2.75, 3.05) is 0 Å². The molecule has 74 valence electrons. The van der Waals surface area contributed by atoms with Gasteiger partial charge >= 0.3 is 0 Å². The van der Waals surface area contributed by atoms with Crippen molar-refractivity contribution in [3.8, 4) is 11.8 Å². The Morgan fingerprint density at radius 1 is 1.50 bits per heavy atom. The van der Waals surface area contributed by atoms with Crippen molar-refractivity contribution >= 4 is 0 Å². The fourth-order valence-corrected chi connectivity index (χ4v) is 1.25. The standard InChI is InChI=1S/C10H12N2O2/c11-5-4-9(12)8-3-1-2-7(6-13)10(8)14/h1-3,9,13-14H,4,6,12H2/t9-/m0/s1. The Morgan fingerprint density at radius 2 is 2.21 bits per heavy atom. The Balaban J connectivity index is 3.04. The van der Waals surface area contributed by atoms with Crippen molar-refractivity contribution in [2.45, 2.75) is 19.1 Å². The van der Waals surface area contributed by atoms with Crippen LogP contribution in [0.4, 0.5) is 0 Å². The van der Waals surface area contributed by atoms with Gasteiger partial charge in [0.25, 0.3) is 0 Å². The van der Waals surface area contributed by atoms with Crippen molar-refractivity contribution in [1.82, 2.24) is 0 Å². The van der Waals surface area contributed by atoms with E-state index in [2.05, 4.69) is 0 Å². The highest BCUT2D eigenvalue weighted by Gasteiger charge is 2.12. The molecule has 1 rings (SSSR count). The van der Waals surface area contributed by atoms with E-state index in [1.807, 2.05) is 6.07 Å². The molecule has 4 heteroatoms. The van der Waals surface area contributed by atoms with E-state index >= 15 is 0 Å². The van der Waals surface area contributed by atoms with Crippen LogP contribution in [0.2, 0.25) is 0 Å². The lowest BCUT2D eigenvalue weighted by Gasteiger charge is -2.12. The number of phenols is 1. The van der Waals surface area contributed by atoms with E-state index in [9.17, 15) is 5.11 Å². The summed E-state index contributed by atoms with van der Waals surface area (Å²) in [5.74, 6) is -0.0160. The van der Waals surface area contributed by atoms with Gasteiger partial charge in [0, 0.05) is 17.2 Å². The van der Waals surface area contributed by atoms with Crippen molar-refractivity contribution in [3.63, 3.8) is 0 Å². The van der Waals surface area contributed by atoms with E-state index in [4.69, 9.17) is 16.1 Å². The van der Waals surface area contributed by atoms with E-state index in [-0.39, 0.29) is 18.8 Å². The monoisotopic (exact) mass is 192 g/mol. The number of nitrogens with two attached hydrogens (primary N) is 1. The summed E-state index contributed by atoms with van der Waals surface area (Å²) in [5, 5.41) is 27.0. The highest BCUT2D eigenvalue weighted by Crippen LogP contribution is 2.28. The lowest BCUT2D eigenvalue weighted by Crippen LogP contribution is -2.10. The summed E-state index contributed by atoms with van der Waals surface area (Å²) in [4.78, 5) is 0. The summed E-state index contributed by atoms with van der Waals surface area (Å²) in [6.07, 6.45) is 0.141. The molecule has 0 radical (unpaired) electrons. The first-order valence-electron chi connectivity index (χ1n) is 4.24. The molecule has 0 amide bonds. The number of hydrogen-bond donors (Lipinski definition) is 3. The highest BCUT2D eigenvalue weighted by atomic mass is 16.3. The van der Waals surface area contributed by atoms with Crippen LogP contribution < -0.4 is 5.73 Å². The number of rotatable bonds is 3. The molecule has 0 unspecified atom stereocenters. The number of aliphatic hydroxyl groups excluding tert-OH is 1. The maximum absolute atomic E-state index is 9.64. The molecule has 1 aromatic carbocycles. The molecule has 0 aliphatic carbocycles. The van der Waals surface area contributed by atoms with Crippen LogP contribution in [0.5, 0.6) is 5.75 Å². The van der Waals surface area contributed by atoms with Gasteiger partial charge in [0.05, 0.1) is 19.1 Å². The van der Waals surface area contributed by atoms with Crippen LogP contribution in [0.3, 0.4) is 0 Å². The molecule has 4 N–H and O–H groups in total. The maximum Gasteiger partial charge on any atom is 0.125 e. The minimum Gasteiger partial charge on any atom is -0.507 e. The summed E-state index contributed by atoms with van der Waals surface area (Å²) >= 11 is 0. The lowest BCUT2D eigenvalue weighted by molar-refractivity contribution is 0.275. The Bertz CT molecular complexity index is 358. The van der Waals surface area contributed by atoms with Gasteiger partial charge in [-0.1, -0.05) is 18.2 Å². The molecule has 0 heterocycles. The molecule has 4 nitrogen and oxygen atoms in total. The molecule has 0 aromatic heterocycles. The highest BCUT2D eigenvalue weighted by molar-refractivity contribution is 5.41. The van der Waals surface area contributed by atoms with Crippen molar-refractivity contribution in [3.05, 3.63) is 29.3 Å². The maximum atomic E-state index is 9.64. The Morgan fingerprint density at radius 3 is 2.79 bits per heavy atom. The van der Waals surface area contributed by atoms with Gasteiger partial charge in [-0.3, -0.25) is 0 Å². The zero-order valence-corrected chi connectivity index (χ0v) is 7.64. The first-order chi connectivity index (χ1) is 6.70. The third-order valence-electron chi connectivity index (χ3n) is 2.03. The lowest BCUT2D eigenvalue weighted by atomic mass is 10.0. The third kappa shape index (κ3) is 2.02. The fourth-order valence-electron chi connectivity index (χ4n) is 1.25. The van der Waals surface area contributed by atoms with Gasteiger partial charge in [0.15, 0.2) is 0 Å². The van der Waals surface area contributed by atoms with E-state index < -0.39 is 6.04 Å². The zero-order chi connectivity index (χ0) is 10.6. The first-order valence-corrected chi connectivity index (χ1v) is 4.24. The number of benzene rings is 1. The van der Waals surface area contributed by atoms with Crippen LogP contribution in [-0.4, -0.2) is 10.2 Å². The fraction of sp³-hybridized carbons (Fsp3) is 0.300. The number of aromatic hydroxyl groups is 1. The van der Waals surface area contributed by atoms with Crippen molar-refractivity contribution < 1.29 is 10.2 Å². The van der Waals surface area contributed by atoms with Gasteiger partial charge < -0.3 is 15.9 Å². The molecule has 1 atom stereocenters. The zero-order valence-electron chi connectivity index (χ0n) is 7.64. The summed E-state index contributed by atoms with van der Waals surface area (Å²) < 4.78 is 0. The van der Waals surface area contributed by atoms with Gasteiger partial charge in [0.2, 0.25) is 0 Å². The van der Waals surface area contributed by atoms with E-state index in [0.29, 0.717) is 11.1 Å². The Labute approximate surface area is 82.2 Å². The predicted molar refractivity (Wildman–Crippen MR) is 51.2 cm³/mol. The molecule has 0 aliphatic rings. The van der Waals surface area contributed by atoms with Gasteiger partial charge in [-0.25, -0.2) is 0 Å². The number of para-hydroxylation sites is 1. The minimum absolute atomic E-state index is 0.0160. The van der Waals surface area contributed by atoms with Crippen LogP contribution in [0.25, 0.3) is 0 Å². The summed E-state index contributed by atoms with van der Waals surface area (Å²) in [6.45, 7) is -0.237. The third-order valence-corrected chi connectivity index (χ3v) is 2.03. The predicted octanol–water partition coefficient (Wildman–Crippen LogP) is 0.798. The molecule has 14 heavy (non-hydrogen) atoms. The molecule has 1 aromatic rings. The smallest absolute Gasteiger partial charge is 0.125 e. The largest absolute Gasteiger partial charge is 0.507 e. The average Bonchev–Trinajstić information content (AvgIpc) is 2.18. The summed E-state index contributed by atoms with van der Waals surface area (Å²) in [7, 11) is 0. The molecule has 0 aliphatic heterocycles. The molecule has 0 bridgehead atoms. The number of aliphatic hydroxyl groups is 1. The van der Waals surface area contributed by atoms with Gasteiger partial charge in [-0.2, -0.15) is 5.26 Å². The van der Waals surface area contributed by atoms with Crippen LogP contribution >= 0.6 is 0 Å². The quantitative estimate of drug-likeness (QED) is 0.660. The number of nitrogens with zero attached hydrogens (tertiary/aromatic N) is 1. The van der Waals surface area contributed by atoms with E-state index in [1.54, 1.807) is 18.2 Å². The van der Waals surface area contributed by atoms with Crippen molar-refractivity contribution in [1.29, 1.82) is 5.26 Å². The normalized spacial score (nSPS) is 12.1. The topological polar surface area (TPSA) is 90.3 Å². The second-order valence-corrected chi connectivity index (χ2v) is 2.98. The second-order valence-electron chi connectivity index (χ2n) is 2.98. The Kier molecular flexibility index (Phi) is 3.46. The summed E-state index contributed by atoms with van der Waals surface area (Å²) in [6, 6.07) is 6.37. The van der Waals surface area contributed by atoms with Crippen LogP contribution in [0, 0.1) is 11.3 Å². The molecular formula is C10H12N2O2. The number of nitriles is 1. The molecule has 0 fully saturated rings. The minimum atomic E-state index is -0.508. The van der Waals surface area contributed by atoms with Gasteiger partial charge in [-0.05, 0) is 0 Å². The summed E-state index contributed by atoms with van der Waals surface area (Å²) in [5.41, 5.74) is 6.59.